The van der Waals surface area contributed by atoms with Crippen LogP contribution in [0, 0.1) is 0 Å². The molecular weight excluding hydrogens is 366 g/mol. The van der Waals surface area contributed by atoms with E-state index in [-0.39, 0.29) is 5.91 Å². The second-order valence-corrected chi connectivity index (χ2v) is 8.70. The summed E-state index contributed by atoms with van der Waals surface area (Å²) in [6.45, 7) is 4.95. The molecule has 146 valence electrons. The minimum absolute atomic E-state index is 0.0812. The van der Waals surface area contributed by atoms with Crippen LogP contribution in [0.25, 0.3) is 11.0 Å². The maximum Gasteiger partial charge on any atom is 0.230 e. The summed E-state index contributed by atoms with van der Waals surface area (Å²) >= 11 is 1.62. The van der Waals surface area contributed by atoms with Crippen molar-refractivity contribution >= 4 is 28.7 Å². The highest BCUT2D eigenvalue weighted by molar-refractivity contribution is 8.00. The average Bonchev–Trinajstić information content (AvgIpc) is 3.29. The molecule has 1 aliphatic carbocycles. The van der Waals surface area contributed by atoms with Crippen molar-refractivity contribution in [2.45, 2.75) is 50.5 Å². The van der Waals surface area contributed by atoms with Crippen molar-refractivity contribution in [3.63, 3.8) is 0 Å². The van der Waals surface area contributed by atoms with Crippen molar-refractivity contribution in [1.29, 1.82) is 0 Å². The van der Waals surface area contributed by atoms with Gasteiger partial charge in [0.2, 0.25) is 5.91 Å². The summed E-state index contributed by atoms with van der Waals surface area (Å²) in [5.41, 5.74) is 5.11. The third-order valence-electron chi connectivity index (χ3n) is 5.30. The Bertz CT molecular complexity index is 993. The summed E-state index contributed by atoms with van der Waals surface area (Å²) in [5.74, 6) is 1.57. The first kappa shape index (κ1) is 19.1. The number of carbonyl (C=O) groups excluding carboxylic acids is 1. The molecule has 0 aliphatic heterocycles. The molecule has 0 bridgehead atoms. The van der Waals surface area contributed by atoms with E-state index in [9.17, 15) is 4.79 Å². The molecule has 0 saturated carbocycles. The zero-order chi connectivity index (χ0) is 19.5. The van der Waals surface area contributed by atoms with Gasteiger partial charge in [-0.2, -0.15) is 0 Å². The monoisotopic (exact) mass is 393 g/mol. The number of imidazole rings is 1. The Morgan fingerprint density at radius 1 is 1.18 bits per heavy atom. The SMILES string of the molecule is CC(C)n1c(CCNC(=O)CSc2ccc3c(c2)CCC3)nc2ccccc21. The average molecular weight is 394 g/mol. The lowest BCUT2D eigenvalue weighted by molar-refractivity contribution is -0.118. The van der Waals surface area contributed by atoms with Crippen LogP contribution in [0.4, 0.5) is 0 Å². The van der Waals surface area contributed by atoms with Gasteiger partial charge in [-0.25, -0.2) is 4.98 Å². The van der Waals surface area contributed by atoms with Crippen LogP contribution in [-0.2, 0) is 24.1 Å². The van der Waals surface area contributed by atoms with Crippen molar-refractivity contribution in [3.05, 3.63) is 59.4 Å². The molecule has 0 unspecified atom stereocenters. The number of thioether (sulfide) groups is 1. The molecule has 3 aromatic rings. The van der Waals surface area contributed by atoms with E-state index in [0.29, 0.717) is 18.3 Å². The van der Waals surface area contributed by atoms with Crippen molar-refractivity contribution in [2.24, 2.45) is 0 Å². The Kier molecular flexibility index (Phi) is 5.72. The second-order valence-electron chi connectivity index (χ2n) is 7.65. The van der Waals surface area contributed by atoms with E-state index in [1.54, 1.807) is 11.8 Å². The number of hydrogen-bond donors (Lipinski definition) is 1. The molecule has 0 atom stereocenters. The first-order valence-corrected chi connectivity index (χ1v) is 11.1. The van der Waals surface area contributed by atoms with E-state index >= 15 is 0 Å². The zero-order valence-electron chi connectivity index (χ0n) is 16.6. The number of aryl methyl sites for hydroxylation is 2. The van der Waals surface area contributed by atoms with Crippen molar-refractivity contribution in [2.75, 3.05) is 12.3 Å². The van der Waals surface area contributed by atoms with Gasteiger partial charge in [0.05, 0.1) is 16.8 Å². The molecule has 0 radical (unpaired) electrons. The third kappa shape index (κ3) is 4.09. The summed E-state index contributed by atoms with van der Waals surface area (Å²) in [7, 11) is 0. The molecule has 0 spiro atoms. The normalized spacial score (nSPS) is 13.2. The lowest BCUT2D eigenvalue weighted by atomic mass is 10.1. The van der Waals surface area contributed by atoms with Crippen LogP contribution < -0.4 is 5.32 Å². The van der Waals surface area contributed by atoms with Crippen LogP contribution in [0.5, 0.6) is 0 Å². The quantitative estimate of drug-likeness (QED) is 0.599. The molecule has 4 rings (SSSR count). The van der Waals surface area contributed by atoms with Crippen LogP contribution in [0.3, 0.4) is 0 Å². The Morgan fingerprint density at radius 2 is 2.00 bits per heavy atom. The summed E-state index contributed by atoms with van der Waals surface area (Å²) in [5, 5.41) is 3.05. The first-order valence-electron chi connectivity index (χ1n) is 10.1. The highest BCUT2D eigenvalue weighted by Crippen LogP contribution is 2.27. The van der Waals surface area contributed by atoms with Gasteiger partial charge < -0.3 is 9.88 Å². The summed E-state index contributed by atoms with van der Waals surface area (Å²) in [6, 6.07) is 15.2. The van der Waals surface area contributed by atoms with Crippen LogP contribution in [0.2, 0.25) is 0 Å². The Morgan fingerprint density at radius 3 is 2.86 bits per heavy atom. The molecule has 4 nitrogen and oxygen atoms in total. The molecule has 0 saturated heterocycles. The predicted molar refractivity (Wildman–Crippen MR) is 116 cm³/mol. The van der Waals surface area contributed by atoms with Gasteiger partial charge in [0.1, 0.15) is 5.82 Å². The van der Waals surface area contributed by atoms with E-state index in [0.717, 1.165) is 23.3 Å². The predicted octanol–water partition coefficient (Wildman–Crippen LogP) is 4.56. The van der Waals surface area contributed by atoms with Crippen LogP contribution in [0.1, 0.15) is 43.3 Å². The Balaban J connectivity index is 1.31. The maximum atomic E-state index is 12.3. The van der Waals surface area contributed by atoms with Crippen LogP contribution in [-0.4, -0.2) is 27.8 Å². The van der Waals surface area contributed by atoms with E-state index in [1.165, 1.54) is 35.3 Å². The van der Waals surface area contributed by atoms with Gasteiger partial charge in [0.15, 0.2) is 0 Å². The lowest BCUT2D eigenvalue weighted by Gasteiger charge is -2.13. The number of fused-ring (bicyclic) bond motifs is 2. The number of amides is 1. The van der Waals surface area contributed by atoms with E-state index < -0.39 is 0 Å². The first-order chi connectivity index (χ1) is 13.6. The van der Waals surface area contributed by atoms with Crippen LogP contribution in [0.15, 0.2) is 47.4 Å². The lowest BCUT2D eigenvalue weighted by Crippen LogP contribution is -2.28. The van der Waals surface area contributed by atoms with Crippen molar-refractivity contribution < 1.29 is 4.79 Å². The molecule has 1 N–H and O–H groups in total. The minimum atomic E-state index is 0.0812. The molecule has 1 heterocycles. The zero-order valence-corrected chi connectivity index (χ0v) is 17.4. The topological polar surface area (TPSA) is 46.9 Å². The van der Waals surface area contributed by atoms with Crippen molar-refractivity contribution in [1.82, 2.24) is 14.9 Å². The molecule has 1 amide bonds. The number of para-hydroxylation sites is 2. The van der Waals surface area contributed by atoms with E-state index in [2.05, 4.69) is 48.0 Å². The fraction of sp³-hybridized carbons (Fsp3) is 0.391. The van der Waals surface area contributed by atoms with E-state index in [4.69, 9.17) is 4.98 Å². The smallest absolute Gasteiger partial charge is 0.230 e. The summed E-state index contributed by atoms with van der Waals surface area (Å²) in [6.07, 6.45) is 4.36. The van der Waals surface area contributed by atoms with Gasteiger partial charge in [-0.15, -0.1) is 11.8 Å². The van der Waals surface area contributed by atoms with Crippen molar-refractivity contribution in [3.8, 4) is 0 Å². The summed E-state index contributed by atoms with van der Waals surface area (Å²) < 4.78 is 2.26. The number of hydrogen-bond acceptors (Lipinski definition) is 3. The molecule has 2 aromatic carbocycles. The Hall–Kier alpha value is -2.27. The summed E-state index contributed by atoms with van der Waals surface area (Å²) in [4.78, 5) is 18.2. The van der Waals surface area contributed by atoms with Gasteiger partial charge in [-0.3, -0.25) is 4.79 Å². The molecule has 28 heavy (non-hydrogen) atoms. The number of nitrogens with zero attached hydrogens (tertiary/aromatic N) is 2. The number of carbonyl (C=O) groups is 1. The number of nitrogens with one attached hydrogen (secondary N) is 1. The van der Waals surface area contributed by atoms with Crippen LogP contribution >= 0.6 is 11.8 Å². The highest BCUT2D eigenvalue weighted by atomic mass is 32.2. The fourth-order valence-electron chi connectivity index (χ4n) is 4.00. The highest BCUT2D eigenvalue weighted by Gasteiger charge is 2.14. The molecule has 0 fully saturated rings. The van der Waals surface area contributed by atoms with E-state index in [1.807, 2.05) is 18.2 Å². The second kappa shape index (κ2) is 8.39. The Labute approximate surface area is 170 Å². The van der Waals surface area contributed by atoms with Gasteiger partial charge in [0.25, 0.3) is 0 Å². The largest absolute Gasteiger partial charge is 0.355 e. The molecular formula is C23H27N3OS. The molecule has 1 aromatic heterocycles. The van der Waals surface area contributed by atoms with Gasteiger partial charge in [-0.05, 0) is 68.5 Å². The van der Waals surface area contributed by atoms with Gasteiger partial charge >= 0.3 is 0 Å². The maximum absolute atomic E-state index is 12.3. The third-order valence-corrected chi connectivity index (χ3v) is 6.29. The minimum Gasteiger partial charge on any atom is -0.355 e. The standard InChI is InChI=1S/C23H27N3OS/c1-16(2)26-21-9-4-3-8-20(21)25-22(26)12-13-24-23(27)15-28-19-11-10-17-6-5-7-18(17)14-19/h3-4,8-11,14,16H,5-7,12-13,15H2,1-2H3,(H,24,27). The number of benzene rings is 2. The number of aromatic nitrogens is 2. The van der Waals surface area contributed by atoms with Gasteiger partial charge in [0, 0.05) is 23.9 Å². The molecule has 5 heteroatoms. The molecule has 1 aliphatic rings. The van der Waals surface area contributed by atoms with Gasteiger partial charge in [-0.1, -0.05) is 18.2 Å². The number of rotatable bonds is 7. The fourth-order valence-corrected chi connectivity index (χ4v) is 4.79.